The number of benzene rings is 1. The molecule has 3 N–H and O–H groups in total. The maximum Gasteiger partial charge on any atom is 0.293 e. The van der Waals surface area contributed by atoms with Gasteiger partial charge in [-0.15, -0.1) is 0 Å². The number of carbonyl (C=O) groups excluding carboxylic acids is 2. The van der Waals surface area contributed by atoms with Crippen molar-refractivity contribution in [3.63, 3.8) is 0 Å². The summed E-state index contributed by atoms with van der Waals surface area (Å²) in [7, 11) is 0. The van der Waals surface area contributed by atoms with Crippen molar-refractivity contribution >= 4 is 40.5 Å². The number of aliphatic hydroxyl groups excluding tert-OH is 1. The molecule has 14 heteroatoms. The lowest BCUT2D eigenvalue weighted by Crippen LogP contribution is -2.56. The van der Waals surface area contributed by atoms with E-state index in [1.165, 1.54) is 17.3 Å². The summed E-state index contributed by atoms with van der Waals surface area (Å²) < 4.78 is 9.30. The van der Waals surface area contributed by atoms with Gasteiger partial charge in [0, 0.05) is 99.5 Å². The molecule has 57 heavy (non-hydrogen) atoms. The number of aryl methyl sites for hydroxylation is 1. The third-order valence-electron chi connectivity index (χ3n) is 12.0. The van der Waals surface area contributed by atoms with E-state index in [9.17, 15) is 19.5 Å². The number of nitrogens with one attached hydrogen (secondary N) is 2. The topological polar surface area (TPSA) is 150 Å². The molecule has 14 nitrogen and oxygen atoms in total. The first-order chi connectivity index (χ1) is 27.5. The molecule has 1 aromatic carbocycles. The Kier molecular flexibility index (Phi) is 10.5. The van der Waals surface area contributed by atoms with Crippen LogP contribution in [0.1, 0.15) is 67.8 Å². The molecule has 6 heterocycles. The number of anilines is 5. The fourth-order valence-corrected chi connectivity index (χ4v) is 9.22. The maximum atomic E-state index is 14.0. The molecule has 2 amide bonds. The number of hydrogen-bond acceptors (Lipinski definition) is 10. The van der Waals surface area contributed by atoms with E-state index in [2.05, 4.69) is 57.3 Å². The van der Waals surface area contributed by atoms with E-state index in [1.54, 1.807) is 27.9 Å². The zero-order valence-corrected chi connectivity index (χ0v) is 33.4. The van der Waals surface area contributed by atoms with E-state index < -0.39 is 0 Å². The van der Waals surface area contributed by atoms with Gasteiger partial charge in [-0.05, 0) is 86.9 Å². The Morgan fingerprint density at radius 3 is 2.63 bits per heavy atom. The Labute approximate surface area is 333 Å². The van der Waals surface area contributed by atoms with Crippen LogP contribution in [0.4, 0.5) is 28.7 Å². The van der Waals surface area contributed by atoms with Gasteiger partial charge in [-0.25, -0.2) is 9.97 Å². The molecule has 2 fully saturated rings. The molecule has 1 atom stereocenters. The van der Waals surface area contributed by atoms with E-state index >= 15 is 0 Å². The van der Waals surface area contributed by atoms with Crippen LogP contribution in [-0.4, -0.2) is 92.4 Å². The summed E-state index contributed by atoms with van der Waals surface area (Å²) in [5.74, 6) is -0.0403. The van der Waals surface area contributed by atoms with Gasteiger partial charge in [-0.2, -0.15) is 0 Å². The number of fused-ring (bicyclic) bond motifs is 3. The number of hydrogen-bond donors (Lipinski definition) is 3. The SMILES string of the molecule is C=CC(=O)Nc1cc(Nc2nc(-c3ccnc(N4CCn5c(cc6c5CC(C)(C)C6)C4=O)c3CO)cn(CC)c2=O)ccc1N1CCN(C2CCOCC2)CC1C. The number of ether oxygens (including phenoxy) is 1. The molecule has 3 aromatic heterocycles. The van der Waals surface area contributed by atoms with Gasteiger partial charge in [0.15, 0.2) is 5.82 Å². The molecular formula is C43H53N9O5. The monoisotopic (exact) mass is 775 g/mol. The fourth-order valence-electron chi connectivity index (χ4n) is 9.22. The van der Waals surface area contributed by atoms with Crippen LogP contribution in [0, 0.1) is 5.41 Å². The highest BCUT2D eigenvalue weighted by molar-refractivity contribution is 6.06. The lowest BCUT2D eigenvalue weighted by molar-refractivity contribution is -0.111. The molecular weight excluding hydrogens is 723 g/mol. The van der Waals surface area contributed by atoms with Crippen LogP contribution in [0.2, 0.25) is 0 Å². The lowest BCUT2D eigenvalue weighted by Gasteiger charge is -2.45. The van der Waals surface area contributed by atoms with Gasteiger partial charge in [-0.1, -0.05) is 20.4 Å². The Morgan fingerprint density at radius 2 is 1.89 bits per heavy atom. The van der Waals surface area contributed by atoms with E-state index in [1.807, 2.05) is 31.2 Å². The molecule has 8 rings (SSSR count). The molecule has 0 spiro atoms. The van der Waals surface area contributed by atoms with Crippen LogP contribution < -0.4 is 26.0 Å². The summed E-state index contributed by atoms with van der Waals surface area (Å²) in [4.78, 5) is 56.4. The second-order valence-electron chi connectivity index (χ2n) is 16.4. The fraction of sp³-hybridized carbons (Fsp3) is 0.465. The van der Waals surface area contributed by atoms with Crippen molar-refractivity contribution in [2.75, 3.05) is 59.8 Å². The Bertz CT molecular complexity index is 2270. The Morgan fingerprint density at radius 1 is 1.09 bits per heavy atom. The van der Waals surface area contributed by atoms with Crippen molar-refractivity contribution in [1.82, 2.24) is 24.0 Å². The van der Waals surface area contributed by atoms with Crippen molar-refractivity contribution in [3.8, 4) is 11.3 Å². The van der Waals surface area contributed by atoms with E-state index in [0.717, 1.165) is 64.2 Å². The number of aliphatic hydroxyl groups is 1. The minimum atomic E-state index is -0.390. The first-order valence-corrected chi connectivity index (χ1v) is 20.1. The molecule has 0 bridgehead atoms. The largest absolute Gasteiger partial charge is 0.392 e. The predicted octanol–water partition coefficient (Wildman–Crippen LogP) is 4.96. The molecule has 2 saturated heterocycles. The molecule has 4 aliphatic rings. The summed E-state index contributed by atoms with van der Waals surface area (Å²) in [6, 6.07) is 10.2. The number of nitrogens with zero attached hydrogens (tertiary/aromatic N) is 7. The summed E-state index contributed by atoms with van der Waals surface area (Å²) in [6.45, 7) is 17.5. The number of pyridine rings is 1. The molecule has 0 radical (unpaired) electrons. The summed E-state index contributed by atoms with van der Waals surface area (Å²) in [5.41, 5.74) is 6.44. The predicted molar refractivity (Wildman–Crippen MR) is 221 cm³/mol. The highest BCUT2D eigenvalue weighted by Crippen LogP contribution is 2.40. The standard InChI is InChI=1S/C43H53N9O5/c1-6-38(54)46-33-21-29(8-9-35(33)50-15-14-49(24-27(50)3)30-11-18-57-19-12-30)45-39-42(56)48(7-2)25-34(47-39)31-10-13-44-40(32(31)26-53)52-17-16-51-36(41(52)55)20-28-22-43(4,5)23-37(28)51/h6,8-10,13,20-21,25,27,30,53H,1,7,11-12,14-19,22-24,26H2,2-5H3,(H,45,47)(H,46,54). The summed E-state index contributed by atoms with van der Waals surface area (Å²) in [6.07, 6.45) is 8.47. The molecule has 1 aliphatic carbocycles. The molecule has 4 aromatic rings. The van der Waals surface area contributed by atoms with Crippen molar-refractivity contribution in [3.05, 3.63) is 88.2 Å². The maximum absolute atomic E-state index is 14.0. The summed E-state index contributed by atoms with van der Waals surface area (Å²) in [5, 5.41) is 17.0. The van der Waals surface area contributed by atoms with Crippen molar-refractivity contribution in [2.45, 2.75) is 85.2 Å². The average Bonchev–Trinajstić information content (AvgIpc) is 3.71. The Hall–Kier alpha value is -5.31. The van der Waals surface area contributed by atoms with Gasteiger partial charge in [-0.3, -0.25) is 24.2 Å². The number of aromatic nitrogens is 4. The number of carbonyl (C=O) groups is 2. The number of piperazine rings is 1. The smallest absolute Gasteiger partial charge is 0.293 e. The van der Waals surface area contributed by atoms with Crippen LogP contribution in [-0.2, 0) is 42.1 Å². The van der Waals surface area contributed by atoms with Crippen LogP contribution in [0.5, 0.6) is 0 Å². The van der Waals surface area contributed by atoms with E-state index in [-0.39, 0.29) is 41.3 Å². The van der Waals surface area contributed by atoms with E-state index in [4.69, 9.17) is 9.72 Å². The van der Waals surface area contributed by atoms with Gasteiger partial charge >= 0.3 is 0 Å². The van der Waals surface area contributed by atoms with Gasteiger partial charge in [0.05, 0.1) is 23.7 Å². The normalized spacial score (nSPS) is 19.7. The van der Waals surface area contributed by atoms with Crippen molar-refractivity contribution < 1.29 is 19.4 Å². The quantitative estimate of drug-likeness (QED) is 0.189. The highest BCUT2D eigenvalue weighted by atomic mass is 16.5. The van der Waals surface area contributed by atoms with Crippen LogP contribution in [0.15, 0.2) is 60.2 Å². The molecule has 1 unspecified atom stereocenters. The average molecular weight is 776 g/mol. The number of amides is 2. The number of rotatable bonds is 10. The highest BCUT2D eigenvalue weighted by Gasteiger charge is 2.38. The van der Waals surface area contributed by atoms with Crippen LogP contribution >= 0.6 is 0 Å². The lowest BCUT2D eigenvalue weighted by atomic mass is 9.90. The zero-order valence-electron chi connectivity index (χ0n) is 33.4. The van der Waals surface area contributed by atoms with Gasteiger partial charge in [0.25, 0.3) is 11.5 Å². The zero-order chi connectivity index (χ0) is 40.0. The molecule has 0 saturated carbocycles. The van der Waals surface area contributed by atoms with Gasteiger partial charge in [0.1, 0.15) is 11.5 Å². The third kappa shape index (κ3) is 7.37. The minimum Gasteiger partial charge on any atom is -0.392 e. The van der Waals surface area contributed by atoms with Crippen molar-refractivity contribution in [2.24, 2.45) is 5.41 Å². The van der Waals surface area contributed by atoms with Crippen molar-refractivity contribution in [1.29, 1.82) is 0 Å². The minimum absolute atomic E-state index is 0.0770. The first-order valence-electron chi connectivity index (χ1n) is 20.1. The second kappa shape index (κ2) is 15.6. The second-order valence-corrected chi connectivity index (χ2v) is 16.4. The molecule has 300 valence electrons. The first kappa shape index (κ1) is 38.6. The summed E-state index contributed by atoms with van der Waals surface area (Å²) >= 11 is 0. The Balaban J connectivity index is 1.09. The van der Waals surface area contributed by atoms with Crippen LogP contribution in [0.25, 0.3) is 11.3 Å². The van der Waals surface area contributed by atoms with Gasteiger partial charge in [0.2, 0.25) is 5.91 Å². The third-order valence-corrected chi connectivity index (χ3v) is 12.0. The van der Waals surface area contributed by atoms with Crippen LogP contribution in [0.3, 0.4) is 0 Å². The van der Waals surface area contributed by atoms with E-state index in [0.29, 0.717) is 65.4 Å². The van der Waals surface area contributed by atoms with Gasteiger partial charge < -0.3 is 34.5 Å². The molecule has 3 aliphatic heterocycles.